The Morgan fingerprint density at radius 3 is 2.64 bits per heavy atom. The van der Waals surface area contributed by atoms with Crippen LogP contribution in [0.2, 0.25) is 0 Å². The van der Waals surface area contributed by atoms with Gasteiger partial charge in [-0.2, -0.15) is 0 Å². The van der Waals surface area contributed by atoms with Crippen LogP contribution in [-0.4, -0.2) is 9.38 Å². The van der Waals surface area contributed by atoms with Crippen molar-refractivity contribution >= 4 is 32.3 Å². The molecule has 4 aromatic rings. The van der Waals surface area contributed by atoms with Crippen LogP contribution in [-0.2, 0) is 6.54 Å². The number of nitrogens with zero attached hydrogens (tertiary/aromatic N) is 2. The van der Waals surface area contributed by atoms with E-state index in [0.29, 0.717) is 6.54 Å². The van der Waals surface area contributed by atoms with Gasteiger partial charge in [0.1, 0.15) is 5.65 Å². The minimum atomic E-state index is 0.444. The number of pyridine rings is 1. The van der Waals surface area contributed by atoms with E-state index in [9.17, 15) is 0 Å². The van der Waals surface area contributed by atoms with Crippen LogP contribution in [0.15, 0.2) is 65.3 Å². The van der Waals surface area contributed by atoms with Gasteiger partial charge in [-0.15, -0.1) is 0 Å². The Morgan fingerprint density at radius 1 is 1.00 bits per heavy atom. The van der Waals surface area contributed by atoms with E-state index in [2.05, 4.69) is 62.8 Å². The average Bonchev–Trinajstić information content (AvgIpc) is 2.92. The molecular formula is C18H14BrN3. The standard InChI is InChI=1S/C18H14BrN3/c19-15-7-8-17-21-18(16(10-20)22(17)11-15)14-6-5-12-3-1-2-4-13(12)9-14/h1-9,11H,10,20H2. The van der Waals surface area contributed by atoms with E-state index in [1.54, 1.807) is 0 Å². The van der Waals surface area contributed by atoms with Crippen LogP contribution in [0.3, 0.4) is 0 Å². The molecule has 0 aliphatic heterocycles. The number of benzene rings is 2. The zero-order chi connectivity index (χ0) is 15.1. The molecule has 0 atom stereocenters. The molecule has 4 heteroatoms. The summed E-state index contributed by atoms with van der Waals surface area (Å²) < 4.78 is 3.06. The Morgan fingerprint density at radius 2 is 1.82 bits per heavy atom. The fourth-order valence-corrected chi connectivity index (χ4v) is 3.17. The number of aromatic nitrogens is 2. The normalized spacial score (nSPS) is 11.4. The van der Waals surface area contributed by atoms with Crippen LogP contribution < -0.4 is 5.73 Å². The smallest absolute Gasteiger partial charge is 0.137 e. The van der Waals surface area contributed by atoms with Gasteiger partial charge in [0.15, 0.2) is 0 Å². The van der Waals surface area contributed by atoms with E-state index in [1.807, 2.05) is 18.3 Å². The quantitative estimate of drug-likeness (QED) is 0.582. The molecule has 2 aromatic heterocycles. The van der Waals surface area contributed by atoms with Crippen LogP contribution in [0.25, 0.3) is 27.7 Å². The Kier molecular flexibility index (Phi) is 3.21. The molecule has 0 aliphatic carbocycles. The second kappa shape index (κ2) is 5.23. The van der Waals surface area contributed by atoms with Gasteiger partial charge < -0.3 is 10.1 Å². The van der Waals surface area contributed by atoms with E-state index < -0.39 is 0 Å². The Bertz CT molecular complexity index is 988. The lowest BCUT2D eigenvalue weighted by atomic mass is 10.0. The van der Waals surface area contributed by atoms with Crippen molar-refractivity contribution in [3.05, 3.63) is 71.0 Å². The second-order valence-corrected chi connectivity index (χ2v) is 6.16. The van der Waals surface area contributed by atoms with Crippen LogP contribution in [0.5, 0.6) is 0 Å². The fourth-order valence-electron chi connectivity index (χ4n) is 2.83. The first-order chi connectivity index (χ1) is 10.8. The maximum atomic E-state index is 5.99. The molecule has 0 radical (unpaired) electrons. The van der Waals surface area contributed by atoms with Gasteiger partial charge in [-0.3, -0.25) is 0 Å². The first kappa shape index (κ1) is 13.5. The van der Waals surface area contributed by atoms with E-state index in [4.69, 9.17) is 10.7 Å². The third kappa shape index (κ3) is 2.12. The van der Waals surface area contributed by atoms with Gasteiger partial charge in [-0.05, 0) is 44.9 Å². The molecule has 3 nitrogen and oxygen atoms in total. The summed E-state index contributed by atoms with van der Waals surface area (Å²) in [6.45, 7) is 0.444. The van der Waals surface area contributed by atoms with Crippen molar-refractivity contribution < 1.29 is 0 Å². The van der Waals surface area contributed by atoms with Gasteiger partial charge in [0, 0.05) is 22.8 Å². The summed E-state index contributed by atoms with van der Waals surface area (Å²) in [5.74, 6) is 0. The number of hydrogen-bond donors (Lipinski definition) is 1. The summed E-state index contributed by atoms with van der Waals surface area (Å²) in [5, 5.41) is 2.44. The van der Waals surface area contributed by atoms with Crippen LogP contribution in [0.1, 0.15) is 5.69 Å². The van der Waals surface area contributed by atoms with Crippen molar-refractivity contribution in [2.75, 3.05) is 0 Å². The van der Waals surface area contributed by atoms with Crippen molar-refractivity contribution in [3.63, 3.8) is 0 Å². The van der Waals surface area contributed by atoms with Crippen molar-refractivity contribution in [1.82, 2.24) is 9.38 Å². The predicted octanol–water partition coefficient (Wildman–Crippen LogP) is 4.38. The van der Waals surface area contributed by atoms with Gasteiger partial charge >= 0.3 is 0 Å². The monoisotopic (exact) mass is 351 g/mol. The van der Waals surface area contributed by atoms with Gasteiger partial charge in [-0.1, -0.05) is 36.4 Å². The van der Waals surface area contributed by atoms with E-state index >= 15 is 0 Å². The molecule has 2 N–H and O–H groups in total. The second-order valence-electron chi connectivity index (χ2n) is 5.25. The molecule has 108 valence electrons. The van der Waals surface area contributed by atoms with Crippen molar-refractivity contribution in [1.29, 1.82) is 0 Å². The summed E-state index contributed by atoms with van der Waals surface area (Å²) in [5.41, 5.74) is 9.96. The molecule has 0 spiro atoms. The van der Waals surface area contributed by atoms with E-state index in [1.165, 1.54) is 10.8 Å². The highest BCUT2D eigenvalue weighted by Gasteiger charge is 2.13. The van der Waals surface area contributed by atoms with Crippen molar-refractivity contribution in [2.24, 2.45) is 5.73 Å². The minimum absolute atomic E-state index is 0.444. The molecule has 2 heterocycles. The summed E-state index contributed by atoms with van der Waals surface area (Å²) in [6, 6.07) is 18.7. The lowest BCUT2D eigenvalue weighted by Crippen LogP contribution is -2.02. The maximum Gasteiger partial charge on any atom is 0.137 e. The zero-order valence-corrected chi connectivity index (χ0v) is 13.4. The predicted molar refractivity (Wildman–Crippen MR) is 93.7 cm³/mol. The maximum absolute atomic E-state index is 5.99. The molecule has 4 rings (SSSR count). The number of halogens is 1. The molecule has 0 amide bonds. The summed E-state index contributed by atoms with van der Waals surface area (Å²) in [7, 11) is 0. The molecule has 0 saturated heterocycles. The molecule has 0 bridgehead atoms. The number of imidazole rings is 1. The van der Waals surface area contributed by atoms with E-state index in [0.717, 1.165) is 27.1 Å². The number of rotatable bonds is 2. The van der Waals surface area contributed by atoms with Crippen LogP contribution in [0, 0.1) is 0 Å². The van der Waals surface area contributed by atoms with Gasteiger partial charge in [0.2, 0.25) is 0 Å². The minimum Gasteiger partial charge on any atom is -0.325 e. The van der Waals surface area contributed by atoms with Crippen LogP contribution >= 0.6 is 15.9 Å². The SMILES string of the molecule is NCc1c(-c2ccc3ccccc3c2)nc2ccc(Br)cn12. The molecule has 22 heavy (non-hydrogen) atoms. The third-order valence-electron chi connectivity index (χ3n) is 3.90. The zero-order valence-electron chi connectivity index (χ0n) is 11.8. The molecule has 0 aliphatic rings. The van der Waals surface area contributed by atoms with Gasteiger partial charge in [-0.25, -0.2) is 4.98 Å². The number of nitrogens with two attached hydrogens (primary N) is 1. The Balaban J connectivity index is 1.98. The number of hydrogen-bond acceptors (Lipinski definition) is 2. The molecule has 0 fully saturated rings. The topological polar surface area (TPSA) is 43.3 Å². The van der Waals surface area contributed by atoms with Gasteiger partial charge in [0.25, 0.3) is 0 Å². The first-order valence-electron chi connectivity index (χ1n) is 7.12. The third-order valence-corrected chi connectivity index (χ3v) is 4.37. The molecular weight excluding hydrogens is 338 g/mol. The first-order valence-corrected chi connectivity index (χ1v) is 7.91. The lowest BCUT2D eigenvalue weighted by molar-refractivity contribution is 0.959. The highest BCUT2D eigenvalue weighted by Crippen LogP contribution is 2.28. The highest BCUT2D eigenvalue weighted by molar-refractivity contribution is 9.10. The molecule has 2 aromatic carbocycles. The van der Waals surface area contributed by atoms with Gasteiger partial charge in [0.05, 0.1) is 11.4 Å². The van der Waals surface area contributed by atoms with Crippen LogP contribution in [0.4, 0.5) is 0 Å². The summed E-state index contributed by atoms with van der Waals surface area (Å²) in [6.07, 6.45) is 2.01. The van der Waals surface area contributed by atoms with Crippen molar-refractivity contribution in [2.45, 2.75) is 6.54 Å². The summed E-state index contributed by atoms with van der Waals surface area (Å²) >= 11 is 3.50. The molecule has 0 unspecified atom stereocenters. The largest absolute Gasteiger partial charge is 0.325 e. The molecule has 0 saturated carbocycles. The van der Waals surface area contributed by atoms with E-state index in [-0.39, 0.29) is 0 Å². The number of fused-ring (bicyclic) bond motifs is 2. The Hall–Kier alpha value is -2.17. The summed E-state index contributed by atoms with van der Waals surface area (Å²) in [4.78, 5) is 4.76. The van der Waals surface area contributed by atoms with Crippen molar-refractivity contribution in [3.8, 4) is 11.3 Å². The average molecular weight is 352 g/mol. The highest BCUT2D eigenvalue weighted by atomic mass is 79.9. The Labute approximate surface area is 136 Å². The fraction of sp³-hybridized carbons (Fsp3) is 0.0556. The lowest BCUT2D eigenvalue weighted by Gasteiger charge is -2.04.